The number of amides is 3. The Labute approximate surface area is 138 Å². The van der Waals surface area contributed by atoms with Gasteiger partial charge in [0.25, 0.3) is 11.8 Å². The van der Waals surface area contributed by atoms with E-state index in [1.165, 1.54) is 0 Å². The van der Waals surface area contributed by atoms with Crippen molar-refractivity contribution in [3.05, 3.63) is 36.0 Å². The van der Waals surface area contributed by atoms with Gasteiger partial charge in [-0.2, -0.15) is 0 Å². The van der Waals surface area contributed by atoms with Crippen molar-refractivity contribution in [2.75, 3.05) is 6.54 Å². The summed E-state index contributed by atoms with van der Waals surface area (Å²) in [7, 11) is 0. The minimum absolute atomic E-state index is 0.316. The van der Waals surface area contributed by atoms with Crippen molar-refractivity contribution in [3.8, 4) is 0 Å². The van der Waals surface area contributed by atoms with Crippen LogP contribution in [0, 0.1) is 0 Å². The molecule has 4 N–H and O–H groups in total. The van der Waals surface area contributed by atoms with E-state index in [4.69, 9.17) is 4.74 Å². The minimum atomic E-state index is -0.709. The van der Waals surface area contributed by atoms with E-state index in [0.717, 1.165) is 10.9 Å². The molecule has 2 aromatic rings. The first kappa shape index (κ1) is 17.3. The molecule has 0 atom stereocenters. The maximum atomic E-state index is 12.0. The molecule has 0 spiro atoms. The molecule has 3 amide bonds. The molecule has 0 saturated carbocycles. The lowest BCUT2D eigenvalue weighted by molar-refractivity contribution is -0.121. The SMILES string of the molecule is CC(C)(C)OC(=O)NCC(=O)NNC(=O)c1cc2ccccc2[nH]1. The van der Waals surface area contributed by atoms with Crippen molar-refractivity contribution in [2.45, 2.75) is 26.4 Å². The zero-order valence-electron chi connectivity index (χ0n) is 13.7. The van der Waals surface area contributed by atoms with Crippen molar-refractivity contribution in [1.29, 1.82) is 0 Å². The van der Waals surface area contributed by atoms with Crippen molar-refractivity contribution < 1.29 is 19.1 Å². The largest absolute Gasteiger partial charge is 0.444 e. The predicted octanol–water partition coefficient (Wildman–Crippen LogP) is 1.45. The van der Waals surface area contributed by atoms with E-state index in [1.807, 2.05) is 24.3 Å². The van der Waals surface area contributed by atoms with Gasteiger partial charge in [0, 0.05) is 10.9 Å². The Bertz CT molecular complexity index is 728. The number of hydrogen-bond donors (Lipinski definition) is 4. The third-order valence-corrected chi connectivity index (χ3v) is 2.88. The van der Waals surface area contributed by atoms with Crippen LogP contribution >= 0.6 is 0 Å². The average Bonchev–Trinajstić information content (AvgIpc) is 2.93. The number of aromatic amines is 1. The van der Waals surface area contributed by atoms with Gasteiger partial charge in [0.05, 0.1) is 0 Å². The monoisotopic (exact) mass is 332 g/mol. The Morgan fingerprint density at radius 2 is 1.83 bits per heavy atom. The summed E-state index contributed by atoms with van der Waals surface area (Å²) in [5.74, 6) is -1.07. The minimum Gasteiger partial charge on any atom is -0.444 e. The molecule has 0 aliphatic heterocycles. The summed E-state index contributed by atoms with van der Waals surface area (Å²) in [6.45, 7) is 4.83. The summed E-state index contributed by atoms with van der Waals surface area (Å²) < 4.78 is 4.99. The molecular weight excluding hydrogens is 312 g/mol. The molecule has 1 aromatic carbocycles. The summed E-state index contributed by atoms with van der Waals surface area (Å²) in [6.07, 6.45) is -0.709. The molecule has 1 heterocycles. The first-order valence-electron chi connectivity index (χ1n) is 7.38. The molecular formula is C16H20N4O4. The van der Waals surface area contributed by atoms with Gasteiger partial charge in [-0.3, -0.25) is 20.4 Å². The second-order valence-electron chi connectivity index (χ2n) is 6.13. The number of nitrogens with one attached hydrogen (secondary N) is 4. The number of H-pyrrole nitrogens is 1. The maximum Gasteiger partial charge on any atom is 0.408 e. The van der Waals surface area contributed by atoms with Gasteiger partial charge in [0.15, 0.2) is 0 Å². The molecule has 0 aliphatic carbocycles. The first-order valence-corrected chi connectivity index (χ1v) is 7.38. The van der Waals surface area contributed by atoms with Gasteiger partial charge in [0.2, 0.25) is 0 Å². The van der Waals surface area contributed by atoms with Crippen LogP contribution in [0.4, 0.5) is 4.79 Å². The fourth-order valence-corrected chi connectivity index (χ4v) is 1.90. The van der Waals surface area contributed by atoms with Crippen molar-refractivity contribution >= 4 is 28.8 Å². The maximum absolute atomic E-state index is 12.0. The van der Waals surface area contributed by atoms with Crippen LogP contribution in [0.3, 0.4) is 0 Å². The second-order valence-corrected chi connectivity index (χ2v) is 6.13. The van der Waals surface area contributed by atoms with Crippen LogP contribution in [-0.2, 0) is 9.53 Å². The highest BCUT2D eigenvalue weighted by molar-refractivity contribution is 5.98. The van der Waals surface area contributed by atoms with Crippen molar-refractivity contribution in [2.24, 2.45) is 0 Å². The Balaban J connectivity index is 1.79. The third kappa shape index (κ3) is 5.01. The Morgan fingerprint density at radius 3 is 2.50 bits per heavy atom. The summed E-state index contributed by atoms with van der Waals surface area (Å²) >= 11 is 0. The molecule has 128 valence electrons. The lowest BCUT2D eigenvalue weighted by atomic mass is 10.2. The highest BCUT2D eigenvalue weighted by Gasteiger charge is 2.17. The zero-order valence-corrected chi connectivity index (χ0v) is 13.7. The quantitative estimate of drug-likeness (QED) is 0.637. The topological polar surface area (TPSA) is 112 Å². The number of rotatable bonds is 3. The highest BCUT2D eigenvalue weighted by Crippen LogP contribution is 2.14. The summed E-state index contributed by atoms with van der Waals surface area (Å²) in [4.78, 5) is 37.9. The number of para-hydroxylation sites is 1. The average molecular weight is 332 g/mol. The van der Waals surface area contributed by atoms with E-state index < -0.39 is 23.5 Å². The Kier molecular flexibility index (Phi) is 5.08. The van der Waals surface area contributed by atoms with E-state index in [2.05, 4.69) is 21.2 Å². The Hall–Kier alpha value is -3.03. The van der Waals surface area contributed by atoms with Gasteiger partial charge >= 0.3 is 6.09 Å². The normalized spacial score (nSPS) is 11.0. The van der Waals surface area contributed by atoms with Crippen LogP contribution < -0.4 is 16.2 Å². The van der Waals surface area contributed by atoms with E-state index in [-0.39, 0.29) is 6.54 Å². The van der Waals surface area contributed by atoms with Crippen LogP contribution in [0.15, 0.2) is 30.3 Å². The van der Waals surface area contributed by atoms with Crippen LogP contribution in [0.5, 0.6) is 0 Å². The van der Waals surface area contributed by atoms with Gasteiger partial charge in [-0.05, 0) is 32.9 Å². The fraction of sp³-hybridized carbons (Fsp3) is 0.312. The molecule has 8 nitrogen and oxygen atoms in total. The summed E-state index contributed by atoms with van der Waals surface area (Å²) in [5, 5.41) is 3.18. The van der Waals surface area contributed by atoms with Crippen molar-refractivity contribution in [1.82, 2.24) is 21.2 Å². The number of carbonyl (C=O) groups excluding carboxylic acids is 3. The number of alkyl carbamates (subject to hydrolysis) is 1. The van der Waals surface area contributed by atoms with Gasteiger partial charge in [0.1, 0.15) is 17.8 Å². The third-order valence-electron chi connectivity index (χ3n) is 2.88. The molecule has 0 aliphatic rings. The summed E-state index contributed by atoms with van der Waals surface area (Å²) in [6, 6.07) is 9.10. The lowest BCUT2D eigenvalue weighted by Gasteiger charge is -2.19. The standard InChI is InChI=1S/C16H20N4O4/c1-16(2,3)24-15(23)17-9-13(21)19-20-14(22)12-8-10-6-4-5-7-11(10)18-12/h4-8,18H,9H2,1-3H3,(H,17,23)(H,19,21)(H,20,22). The van der Waals surface area contributed by atoms with Gasteiger partial charge in [-0.15, -0.1) is 0 Å². The highest BCUT2D eigenvalue weighted by atomic mass is 16.6. The second kappa shape index (κ2) is 7.03. The predicted molar refractivity (Wildman–Crippen MR) is 88.1 cm³/mol. The zero-order chi connectivity index (χ0) is 17.7. The molecule has 1 aromatic heterocycles. The molecule has 0 unspecified atom stereocenters. The first-order chi connectivity index (χ1) is 11.2. The van der Waals surface area contributed by atoms with Gasteiger partial charge in [-0.1, -0.05) is 18.2 Å². The fourth-order valence-electron chi connectivity index (χ4n) is 1.90. The number of benzene rings is 1. The van der Waals surface area contributed by atoms with E-state index in [9.17, 15) is 14.4 Å². The van der Waals surface area contributed by atoms with E-state index in [1.54, 1.807) is 26.8 Å². The lowest BCUT2D eigenvalue weighted by Crippen LogP contribution is -2.47. The van der Waals surface area contributed by atoms with Gasteiger partial charge in [-0.25, -0.2) is 4.79 Å². The van der Waals surface area contributed by atoms with Crippen LogP contribution in [-0.4, -0.2) is 35.0 Å². The number of hydrazine groups is 1. The van der Waals surface area contributed by atoms with Crippen LogP contribution in [0.2, 0.25) is 0 Å². The number of ether oxygens (including phenoxy) is 1. The van der Waals surface area contributed by atoms with Crippen LogP contribution in [0.25, 0.3) is 10.9 Å². The molecule has 0 saturated heterocycles. The number of aromatic nitrogens is 1. The summed E-state index contributed by atoms with van der Waals surface area (Å²) in [5.41, 5.74) is 4.97. The van der Waals surface area contributed by atoms with Crippen molar-refractivity contribution in [3.63, 3.8) is 0 Å². The van der Waals surface area contributed by atoms with E-state index >= 15 is 0 Å². The smallest absolute Gasteiger partial charge is 0.408 e. The number of hydrogen-bond acceptors (Lipinski definition) is 4. The molecule has 0 bridgehead atoms. The van der Waals surface area contributed by atoms with Gasteiger partial charge < -0.3 is 15.0 Å². The number of fused-ring (bicyclic) bond motifs is 1. The molecule has 8 heteroatoms. The molecule has 0 radical (unpaired) electrons. The molecule has 24 heavy (non-hydrogen) atoms. The molecule has 2 rings (SSSR count). The van der Waals surface area contributed by atoms with E-state index in [0.29, 0.717) is 5.69 Å². The Morgan fingerprint density at radius 1 is 1.12 bits per heavy atom. The number of carbonyl (C=O) groups is 3. The van der Waals surface area contributed by atoms with Crippen LogP contribution in [0.1, 0.15) is 31.3 Å². The molecule has 0 fully saturated rings.